The molecule has 0 aromatic carbocycles. The fourth-order valence-corrected chi connectivity index (χ4v) is 3.97. The predicted octanol–water partition coefficient (Wildman–Crippen LogP) is 2.83. The van der Waals surface area contributed by atoms with Crippen molar-refractivity contribution in [3.8, 4) is 0 Å². The summed E-state index contributed by atoms with van der Waals surface area (Å²) in [5.74, 6) is -1.14. The van der Waals surface area contributed by atoms with E-state index >= 15 is 0 Å². The second-order valence-corrected chi connectivity index (χ2v) is 8.69. The summed E-state index contributed by atoms with van der Waals surface area (Å²) in [7, 11) is 0. The Labute approximate surface area is 155 Å². The molecule has 26 heavy (non-hydrogen) atoms. The van der Waals surface area contributed by atoms with Crippen molar-refractivity contribution in [2.24, 2.45) is 0 Å². The Balaban J connectivity index is 2.39. The number of thioether (sulfide) groups is 1. The smallest absolute Gasteiger partial charge is 0.415 e. The van der Waals surface area contributed by atoms with Gasteiger partial charge < -0.3 is 14.6 Å². The van der Waals surface area contributed by atoms with Crippen molar-refractivity contribution in [3.63, 3.8) is 0 Å². The van der Waals surface area contributed by atoms with Crippen LogP contribution in [0, 0.1) is 10.1 Å². The minimum atomic E-state index is -1.36. The number of nitro groups is 1. The molecule has 0 bridgehead atoms. The summed E-state index contributed by atoms with van der Waals surface area (Å²) in [5.41, 5.74) is -1.06. The van der Waals surface area contributed by atoms with Crippen LogP contribution in [-0.2, 0) is 14.3 Å². The fourth-order valence-electron chi connectivity index (χ4n) is 2.64. The molecule has 2 aliphatic heterocycles. The summed E-state index contributed by atoms with van der Waals surface area (Å²) >= 11 is 0.850. The van der Waals surface area contributed by atoms with Crippen LogP contribution in [0.3, 0.4) is 0 Å². The number of carboxylic acid groups (broad SMARTS) is 1. The van der Waals surface area contributed by atoms with Crippen LogP contribution in [0.15, 0.2) is 10.7 Å². The Kier molecular flexibility index (Phi) is 5.86. The highest BCUT2D eigenvalue weighted by atomic mass is 32.2. The second kappa shape index (κ2) is 7.43. The van der Waals surface area contributed by atoms with Gasteiger partial charge in [-0.25, -0.2) is 4.79 Å². The standard InChI is InChI=1S/C16H24N2O7S/c1-5-16(13(19)20)8-11(18(22)23)12(26-16)17(9-10-6-7-24-10)14(21)25-15(2,3)4/h10H,5-9H2,1-4H3,(H,19,20). The topological polar surface area (TPSA) is 119 Å². The highest BCUT2D eigenvalue weighted by Gasteiger charge is 2.52. The van der Waals surface area contributed by atoms with Crippen molar-refractivity contribution in [2.45, 2.75) is 63.4 Å². The van der Waals surface area contributed by atoms with Gasteiger partial charge in [-0.1, -0.05) is 18.7 Å². The van der Waals surface area contributed by atoms with Gasteiger partial charge in [0.1, 0.15) is 10.3 Å². The first kappa shape index (κ1) is 20.5. The number of hydrogen-bond acceptors (Lipinski definition) is 7. The number of ether oxygens (including phenoxy) is 2. The van der Waals surface area contributed by atoms with Crippen molar-refractivity contribution >= 4 is 23.8 Å². The summed E-state index contributed by atoms with van der Waals surface area (Å²) in [5, 5.41) is 21.2. The van der Waals surface area contributed by atoms with Crippen LogP contribution in [0.2, 0.25) is 0 Å². The monoisotopic (exact) mass is 388 g/mol. The van der Waals surface area contributed by atoms with Gasteiger partial charge in [-0.05, 0) is 33.6 Å². The van der Waals surface area contributed by atoms with Crippen LogP contribution in [0.1, 0.15) is 47.0 Å². The number of rotatable bonds is 6. The van der Waals surface area contributed by atoms with Gasteiger partial charge in [0.05, 0.1) is 24.0 Å². The lowest BCUT2D eigenvalue weighted by Crippen LogP contribution is -2.44. The SMILES string of the molecule is CCC1(C(=O)O)CC([N+](=O)[O-])=C(N(CC2CCO2)C(=O)OC(C)(C)C)S1. The summed E-state index contributed by atoms with van der Waals surface area (Å²) in [6, 6.07) is 0. The first-order valence-corrected chi connectivity index (χ1v) is 9.23. The number of hydrogen-bond donors (Lipinski definition) is 1. The van der Waals surface area contributed by atoms with Gasteiger partial charge >= 0.3 is 12.1 Å². The Morgan fingerprint density at radius 2 is 2.12 bits per heavy atom. The van der Waals surface area contributed by atoms with E-state index in [1.165, 1.54) is 0 Å². The minimum absolute atomic E-state index is 0.0315. The zero-order chi connectivity index (χ0) is 19.7. The van der Waals surface area contributed by atoms with Gasteiger partial charge in [0.15, 0.2) is 5.03 Å². The van der Waals surface area contributed by atoms with E-state index in [2.05, 4.69) is 0 Å². The average molecular weight is 388 g/mol. The molecule has 0 spiro atoms. The predicted molar refractivity (Wildman–Crippen MR) is 94.2 cm³/mol. The van der Waals surface area contributed by atoms with Crippen LogP contribution in [0.4, 0.5) is 4.79 Å². The van der Waals surface area contributed by atoms with Crippen molar-refractivity contribution in [2.75, 3.05) is 13.2 Å². The van der Waals surface area contributed by atoms with E-state index in [9.17, 15) is 24.8 Å². The molecule has 1 N–H and O–H groups in total. The largest absolute Gasteiger partial charge is 0.480 e. The molecule has 2 unspecified atom stereocenters. The molecule has 2 atom stereocenters. The number of carboxylic acids is 1. The molecule has 0 aromatic heterocycles. The number of aliphatic carboxylic acids is 1. The normalized spacial score (nSPS) is 25.6. The lowest BCUT2D eigenvalue weighted by Gasteiger charge is -2.34. The van der Waals surface area contributed by atoms with Crippen molar-refractivity contribution in [3.05, 3.63) is 20.8 Å². The van der Waals surface area contributed by atoms with E-state index in [0.717, 1.165) is 23.1 Å². The Bertz CT molecular complexity index is 639. The van der Waals surface area contributed by atoms with Gasteiger partial charge in [-0.3, -0.25) is 19.8 Å². The van der Waals surface area contributed by atoms with E-state index in [-0.39, 0.29) is 36.2 Å². The third kappa shape index (κ3) is 4.29. The molecule has 0 radical (unpaired) electrons. The third-order valence-corrected chi connectivity index (χ3v) is 5.86. The van der Waals surface area contributed by atoms with Crippen molar-refractivity contribution in [1.29, 1.82) is 0 Å². The first-order chi connectivity index (χ1) is 12.0. The number of carbonyl (C=O) groups is 2. The number of nitrogens with zero attached hydrogens (tertiary/aromatic N) is 2. The Hall–Kier alpha value is -1.81. The third-order valence-electron chi connectivity index (χ3n) is 4.21. The molecule has 2 aliphatic rings. The molecule has 2 heterocycles. The van der Waals surface area contributed by atoms with Gasteiger partial charge in [0.2, 0.25) is 0 Å². The minimum Gasteiger partial charge on any atom is -0.480 e. The number of allylic oxidation sites excluding steroid dienone is 1. The molecule has 0 aromatic rings. The maximum atomic E-state index is 12.7. The quantitative estimate of drug-likeness (QED) is 0.545. The molecule has 9 nitrogen and oxygen atoms in total. The lowest BCUT2D eigenvalue weighted by molar-refractivity contribution is -0.429. The molecule has 1 amide bonds. The van der Waals surface area contributed by atoms with Gasteiger partial charge in [0, 0.05) is 6.61 Å². The van der Waals surface area contributed by atoms with Crippen LogP contribution in [0.25, 0.3) is 0 Å². The first-order valence-electron chi connectivity index (χ1n) is 8.41. The number of amides is 1. The molecule has 2 rings (SSSR count). The van der Waals surface area contributed by atoms with E-state index in [1.807, 2.05) is 0 Å². The van der Waals surface area contributed by atoms with Gasteiger partial charge in [0.25, 0.3) is 5.70 Å². The van der Waals surface area contributed by atoms with E-state index in [0.29, 0.717) is 6.61 Å². The summed E-state index contributed by atoms with van der Waals surface area (Å²) < 4.78 is 9.38. The van der Waals surface area contributed by atoms with E-state index < -0.39 is 27.3 Å². The maximum absolute atomic E-state index is 12.7. The van der Waals surface area contributed by atoms with Crippen LogP contribution in [0.5, 0.6) is 0 Å². The zero-order valence-electron chi connectivity index (χ0n) is 15.3. The fraction of sp³-hybridized carbons (Fsp3) is 0.750. The molecule has 0 saturated carbocycles. The molecule has 0 aliphatic carbocycles. The number of carbonyl (C=O) groups excluding carboxylic acids is 1. The molecule has 1 fully saturated rings. The van der Waals surface area contributed by atoms with Crippen molar-refractivity contribution in [1.82, 2.24) is 4.90 Å². The Morgan fingerprint density at radius 1 is 1.50 bits per heavy atom. The highest BCUT2D eigenvalue weighted by molar-refractivity contribution is 8.05. The zero-order valence-corrected chi connectivity index (χ0v) is 16.1. The Morgan fingerprint density at radius 3 is 2.50 bits per heavy atom. The van der Waals surface area contributed by atoms with E-state index in [1.54, 1.807) is 27.7 Å². The molecular formula is C16H24N2O7S. The molecular weight excluding hydrogens is 364 g/mol. The summed E-state index contributed by atoms with van der Waals surface area (Å²) in [6.07, 6.45) is -0.327. The van der Waals surface area contributed by atoms with Crippen LogP contribution in [-0.4, -0.2) is 56.6 Å². The highest BCUT2D eigenvalue weighted by Crippen LogP contribution is 2.50. The van der Waals surface area contributed by atoms with Crippen molar-refractivity contribution < 1.29 is 29.1 Å². The molecule has 146 valence electrons. The van der Waals surface area contributed by atoms with Crippen LogP contribution < -0.4 is 0 Å². The van der Waals surface area contributed by atoms with Gasteiger partial charge in [-0.2, -0.15) is 0 Å². The summed E-state index contributed by atoms with van der Waals surface area (Å²) in [6.45, 7) is 7.40. The molecule has 1 saturated heterocycles. The maximum Gasteiger partial charge on any atom is 0.415 e. The average Bonchev–Trinajstić information content (AvgIpc) is 2.85. The van der Waals surface area contributed by atoms with E-state index in [4.69, 9.17) is 9.47 Å². The van der Waals surface area contributed by atoms with Gasteiger partial charge in [-0.15, -0.1) is 0 Å². The van der Waals surface area contributed by atoms with Crippen LogP contribution >= 0.6 is 11.8 Å². The molecule has 10 heteroatoms. The second-order valence-electron chi connectivity index (χ2n) is 7.31. The summed E-state index contributed by atoms with van der Waals surface area (Å²) in [4.78, 5) is 36.5. The lowest BCUT2D eigenvalue weighted by atomic mass is 10.00.